The molecule has 1 aliphatic heterocycles. The Morgan fingerprint density at radius 3 is 2.50 bits per heavy atom. The minimum absolute atomic E-state index is 0.160. The molecule has 0 spiro atoms. The normalized spacial score (nSPS) is 14.1. The summed E-state index contributed by atoms with van der Waals surface area (Å²) in [5, 5.41) is 0. The minimum atomic E-state index is -0.353. The predicted octanol–water partition coefficient (Wildman–Crippen LogP) is 2.87. The highest BCUT2D eigenvalue weighted by Crippen LogP contribution is 2.25. The van der Waals surface area contributed by atoms with Gasteiger partial charge in [-0.05, 0) is 30.7 Å². The third-order valence-electron chi connectivity index (χ3n) is 5.28. The lowest BCUT2D eigenvalue weighted by molar-refractivity contribution is 0.386. The van der Waals surface area contributed by atoms with Gasteiger partial charge in [0.1, 0.15) is 11.6 Å². The second kappa shape index (κ2) is 8.52. The number of nitrogens with zero attached hydrogens (tertiary/aromatic N) is 4. The van der Waals surface area contributed by atoms with Gasteiger partial charge < -0.3 is 19.5 Å². The van der Waals surface area contributed by atoms with Crippen LogP contribution in [-0.4, -0.2) is 48.2 Å². The van der Waals surface area contributed by atoms with Crippen LogP contribution in [0.4, 0.5) is 15.9 Å². The van der Waals surface area contributed by atoms with Crippen molar-refractivity contribution in [2.24, 2.45) is 0 Å². The monoisotopic (exact) mass is 409 g/mol. The van der Waals surface area contributed by atoms with Gasteiger partial charge in [0.15, 0.2) is 11.6 Å². The largest absolute Gasteiger partial charge is 0.494 e. The zero-order valence-electron chi connectivity index (χ0n) is 17.1. The first-order valence-corrected chi connectivity index (χ1v) is 9.97. The zero-order chi connectivity index (χ0) is 21.1. The van der Waals surface area contributed by atoms with E-state index < -0.39 is 0 Å². The Balaban J connectivity index is 1.43. The molecule has 0 unspecified atom stereocenters. The summed E-state index contributed by atoms with van der Waals surface area (Å²) in [6.45, 7) is 5.05. The molecule has 7 nitrogen and oxygen atoms in total. The lowest BCUT2D eigenvalue weighted by Crippen LogP contribution is -2.46. The van der Waals surface area contributed by atoms with E-state index >= 15 is 0 Å². The van der Waals surface area contributed by atoms with Crippen LogP contribution < -0.4 is 20.1 Å². The number of H-pyrrole nitrogens is 1. The van der Waals surface area contributed by atoms with Crippen LogP contribution in [0.3, 0.4) is 0 Å². The van der Waals surface area contributed by atoms with Crippen LogP contribution in [0, 0.1) is 5.82 Å². The van der Waals surface area contributed by atoms with Crippen molar-refractivity contribution < 1.29 is 9.13 Å². The average Bonchev–Trinajstić information content (AvgIpc) is 2.79. The number of aromatic amines is 1. The summed E-state index contributed by atoms with van der Waals surface area (Å²) >= 11 is 0. The van der Waals surface area contributed by atoms with Gasteiger partial charge in [0, 0.05) is 61.5 Å². The number of aromatic nitrogens is 3. The van der Waals surface area contributed by atoms with Crippen LogP contribution in [0.1, 0.15) is 12.6 Å². The SMILES string of the molecule is CCc1cc(=O)[nH]c(-c2ccc(N3CCN(c4ccc(OC)c(F)c4)CC3)nc2)n1. The van der Waals surface area contributed by atoms with E-state index in [0.29, 0.717) is 12.2 Å². The lowest BCUT2D eigenvalue weighted by Gasteiger charge is -2.36. The van der Waals surface area contributed by atoms with Crippen molar-refractivity contribution in [3.8, 4) is 17.1 Å². The van der Waals surface area contributed by atoms with Crippen molar-refractivity contribution in [3.63, 3.8) is 0 Å². The van der Waals surface area contributed by atoms with Gasteiger partial charge in [-0.25, -0.2) is 14.4 Å². The molecule has 3 aromatic rings. The lowest BCUT2D eigenvalue weighted by atomic mass is 10.2. The fraction of sp³-hybridized carbons (Fsp3) is 0.318. The van der Waals surface area contributed by atoms with E-state index in [2.05, 4.69) is 24.8 Å². The van der Waals surface area contributed by atoms with Crippen LogP contribution in [-0.2, 0) is 6.42 Å². The summed E-state index contributed by atoms with van der Waals surface area (Å²) in [7, 11) is 1.46. The van der Waals surface area contributed by atoms with Gasteiger partial charge in [-0.15, -0.1) is 0 Å². The van der Waals surface area contributed by atoms with Gasteiger partial charge in [-0.3, -0.25) is 4.79 Å². The maximum atomic E-state index is 14.0. The van der Waals surface area contributed by atoms with E-state index in [0.717, 1.165) is 48.9 Å². The summed E-state index contributed by atoms with van der Waals surface area (Å²) in [5.74, 6) is 1.30. The van der Waals surface area contributed by atoms with E-state index in [-0.39, 0.29) is 17.1 Å². The highest BCUT2D eigenvalue weighted by atomic mass is 19.1. The molecule has 1 aromatic carbocycles. The maximum absolute atomic E-state index is 14.0. The summed E-state index contributed by atoms with van der Waals surface area (Å²) in [6.07, 6.45) is 2.43. The Bertz CT molecular complexity index is 1080. The first kappa shape index (κ1) is 19.9. The van der Waals surface area contributed by atoms with Gasteiger partial charge in [-0.1, -0.05) is 6.92 Å². The molecule has 1 fully saturated rings. The first-order chi connectivity index (χ1) is 14.6. The Morgan fingerprint density at radius 1 is 1.10 bits per heavy atom. The molecule has 8 heteroatoms. The molecule has 1 N–H and O–H groups in total. The molecule has 30 heavy (non-hydrogen) atoms. The van der Waals surface area contributed by atoms with Crippen molar-refractivity contribution in [3.05, 3.63) is 64.5 Å². The second-order valence-corrected chi connectivity index (χ2v) is 7.14. The van der Waals surface area contributed by atoms with Crippen LogP contribution in [0.25, 0.3) is 11.4 Å². The van der Waals surface area contributed by atoms with Crippen molar-refractivity contribution in [2.45, 2.75) is 13.3 Å². The molecular formula is C22H24FN5O2. The molecule has 3 heterocycles. The third kappa shape index (κ3) is 4.12. The summed E-state index contributed by atoms with van der Waals surface area (Å²) in [4.78, 5) is 28.0. The molecule has 2 aromatic heterocycles. The minimum Gasteiger partial charge on any atom is -0.494 e. The fourth-order valence-corrected chi connectivity index (χ4v) is 3.58. The maximum Gasteiger partial charge on any atom is 0.251 e. The number of anilines is 2. The molecule has 1 aliphatic rings. The Hall–Kier alpha value is -3.42. The topological polar surface area (TPSA) is 74.4 Å². The number of hydrogen-bond acceptors (Lipinski definition) is 6. The number of piperazine rings is 1. The van der Waals surface area contributed by atoms with Crippen molar-refractivity contribution in [1.82, 2.24) is 15.0 Å². The summed E-state index contributed by atoms with van der Waals surface area (Å²) < 4.78 is 19.0. The molecule has 0 atom stereocenters. The number of methoxy groups -OCH3 is 1. The zero-order valence-corrected chi connectivity index (χ0v) is 17.1. The number of rotatable bonds is 5. The van der Waals surface area contributed by atoms with Gasteiger partial charge >= 0.3 is 0 Å². The number of aryl methyl sites for hydroxylation is 1. The number of nitrogens with one attached hydrogen (secondary N) is 1. The van der Waals surface area contributed by atoms with E-state index in [9.17, 15) is 9.18 Å². The van der Waals surface area contributed by atoms with Crippen LogP contribution in [0.2, 0.25) is 0 Å². The molecule has 0 amide bonds. The number of halogens is 1. The third-order valence-corrected chi connectivity index (χ3v) is 5.28. The van der Waals surface area contributed by atoms with Crippen LogP contribution >= 0.6 is 0 Å². The Labute approximate surface area is 174 Å². The number of ether oxygens (including phenoxy) is 1. The first-order valence-electron chi connectivity index (χ1n) is 9.97. The highest BCUT2D eigenvalue weighted by molar-refractivity contribution is 5.57. The van der Waals surface area contributed by atoms with Crippen molar-refractivity contribution >= 4 is 11.5 Å². The van der Waals surface area contributed by atoms with Gasteiger partial charge in [0.2, 0.25) is 0 Å². The second-order valence-electron chi connectivity index (χ2n) is 7.14. The van der Waals surface area contributed by atoms with Crippen LogP contribution in [0.5, 0.6) is 5.75 Å². The average molecular weight is 409 g/mol. The molecule has 0 radical (unpaired) electrons. The smallest absolute Gasteiger partial charge is 0.251 e. The summed E-state index contributed by atoms with van der Waals surface area (Å²) in [5.41, 5.74) is 2.22. The number of pyridine rings is 1. The molecular weight excluding hydrogens is 385 g/mol. The van der Waals surface area contributed by atoms with Gasteiger partial charge in [0.05, 0.1) is 7.11 Å². The fourth-order valence-electron chi connectivity index (χ4n) is 3.58. The van der Waals surface area contributed by atoms with E-state index in [1.807, 2.05) is 25.1 Å². The highest BCUT2D eigenvalue weighted by Gasteiger charge is 2.19. The quantitative estimate of drug-likeness (QED) is 0.699. The number of benzene rings is 1. The predicted molar refractivity (Wildman–Crippen MR) is 115 cm³/mol. The van der Waals surface area contributed by atoms with Gasteiger partial charge in [0.25, 0.3) is 5.56 Å². The summed E-state index contributed by atoms with van der Waals surface area (Å²) in [6, 6.07) is 10.4. The molecule has 0 saturated carbocycles. The van der Waals surface area contributed by atoms with E-state index in [1.165, 1.54) is 19.2 Å². The van der Waals surface area contributed by atoms with Gasteiger partial charge in [-0.2, -0.15) is 0 Å². The van der Waals surface area contributed by atoms with Crippen LogP contribution in [0.15, 0.2) is 47.4 Å². The molecule has 0 aliphatic carbocycles. The molecule has 4 rings (SSSR count). The van der Waals surface area contributed by atoms with Crippen molar-refractivity contribution in [2.75, 3.05) is 43.1 Å². The molecule has 0 bridgehead atoms. The Morgan fingerprint density at radius 2 is 1.87 bits per heavy atom. The van der Waals surface area contributed by atoms with Crippen molar-refractivity contribution in [1.29, 1.82) is 0 Å². The Kier molecular flexibility index (Phi) is 5.65. The molecule has 156 valence electrons. The van der Waals surface area contributed by atoms with E-state index in [4.69, 9.17) is 4.74 Å². The number of hydrogen-bond donors (Lipinski definition) is 1. The van der Waals surface area contributed by atoms with E-state index in [1.54, 1.807) is 12.3 Å². The standard InChI is InChI=1S/C22H24FN5O2/c1-3-16-12-21(29)26-22(25-16)15-4-7-20(24-14-15)28-10-8-27(9-11-28)17-5-6-19(30-2)18(23)13-17/h4-7,12-14H,3,8-11H2,1-2H3,(H,25,26,29). The molecule has 1 saturated heterocycles.